The highest BCUT2D eigenvalue weighted by Gasteiger charge is 2.04. The monoisotopic (exact) mass is 324 g/mol. The van der Waals surface area contributed by atoms with Gasteiger partial charge < -0.3 is 0 Å². The molecule has 0 fully saturated rings. The molecule has 0 bridgehead atoms. The van der Waals surface area contributed by atoms with Crippen LogP contribution in [0.3, 0.4) is 0 Å². The summed E-state index contributed by atoms with van der Waals surface area (Å²) in [4.78, 5) is 9.15. The van der Waals surface area contributed by atoms with Gasteiger partial charge in [0.15, 0.2) is 0 Å². The second-order valence-electron chi connectivity index (χ2n) is 6.04. The molecule has 0 saturated heterocycles. The predicted molar refractivity (Wildman–Crippen MR) is 102 cm³/mol. The normalized spacial score (nSPS) is 11.6. The van der Waals surface area contributed by atoms with Crippen molar-refractivity contribution in [3.8, 4) is 0 Å². The van der Waals surface area contributed by atoms with Crippen LogP contribution in [0.5, 0.6) is 0 Å². The van der Waals surface area contributed by atoms with E-state index in [2.05, 4.69) is 71.6 Å². The number of anilines is 1. The first-order valence-electron chi connectivity index (χ1n) is 8.92. The first-order valence-corrected chi connectivity index (χ1v) is 8.92. The van der Waals surface area contributed by atoms with E-state index in [4.69, 9.17) is 0 Å². The lowest BCUT2D eigenvalue weighted by atomic mass is 10.1. The molecule has 0 saturated carbocycles. The Bertz CT molecular complexity index is 668. The smallest absolute Gasteiger partial charge is 0.243 e. The minimum atomic E-state index is 0.593. The van der Waals surface area contributed by atoms with Crippen molar-refractivity contribution in [1.29, 1.82) is 0 Å². The Labute approximate surface area is 145 Å². The number of nitrogens with one attached hydrogen (secondary N) is 1. The SMILES string of the molecule is CCCc1cc(CCC)nc(NN=C(C)c2cccc(CC)c2)n1. The van der Waals surface area contributed by atoms with Gasteiger partial charge in [0, 0.05) is 11.4 Å². The number of aromatic nitrogens is 2. The Morgan fingerprint density at radius 3 is 2.25 bits per heavy atom. The molecule has 0 atom stereocenters. The molecule has 0 aliphatic heterocycles. The standard InChI is InChI=1S/C20H28N4/c1-5-9-18-14-19(10-6-2)22-20(21-18)24-23-15(4)17-12-8-11-16(7-3)13-17/h8,11-14H,5-7,9-10H2,1-4H3,(H,21,22,24). The molecule has 0 aliphatic carbocycles. The quantitative estimate of drug-likeness (QED) is 0.561. The third kappa shape index (κ3) is 5.15. The summed E-state index contributed by atoms with van der Waals surface area (Å²) in [6, 6.07) is 10.6. The van der Waals surface area contributed by atoms with Crippen molar-refractivity contribution in [2.75, 3.05) is 5.43 Å². The van der Waals surface area contributed by atoms with Gasteiger partial charge in [-0.05, 0) is 49.4 Å². The van der Waals surface area contributed by atoms with E-state index in [1.165, 1.54) is 5.56 Å². The van der Waals surface area contributed by atoms with Crippen molar-refractivity contribution in [3.63, 3.8) is 0 Å². The lowest BCUT2D eigenvalue weighted by Gasteiger charge is -2.08. The summed E-state index contributed by atoms with van der Waals surface area (Å²) >= 11 is 0. The summed E-state index contributed by atoms with van der Waals surface area (Å²) in [6.45, 7) is 8.49. The maximum atomic E-state index is 4.58. The molecule has 0 aliphatic rings. The Morgan fingerprint density at radius 1 is 1.00 bits per heavy atom. The highest BCUT2D eigenvalue weighted by Crippen LogP contribution is 2.11. The van der Waals surface area contributed by atoms with Gasteiger partial charge in [0.05, 0.1) is 5.71 Å². The zero-order valence-corrected chi connectivity index (χ0v) is 15.3. The highest BCUT2D eigenvalue weighted by atomic mass is 15.4. The average molecular weight is 324 g/mol. The molecular formula is C20H28N4. The minimum absolute atomic E-state index is 0.593. The molecular weight excluding hydrogens is 296 g/mol. The van der Waals surface area contributed by atoms with Crippen molar-refractivity contribution in [1.82, 2.24) is 9.97 Å². The molecule has 128 valence electrons. The molecule has 24 heavy (non-hydrogen) atoms. The van der Waals surface area contributed by atoms with Gasteiger partial charge in [-0.3, -0.25) is 0 Å². The van der Waals surface area contributed by atoms with Crippen LogP contribution in [0.4, 0.5) is 5.95 Å². The van der Waals surface area contributed by atoms with E-state index < -0.39 is 0 Å². The predicted octanol–water partition coefficient (Wildman–Crippen LogP) is 4.78. The van der Waals surface area contributed by atoms with E-state index in [9.17, 15) is 0 Å². The number of hydrazone groups is 1. The van der Waals surface area contributed by atoms with Crippen molar-refractivity contribution in [2.24, 2.45) is 5.10 Å². The summed E-state index contributed by atoms with van der Waals surface area (Å²) in [5.41, 5.74) is 8.58. The number of aryl methyl sites for hydroxylation is 3. The van der Waals surface area contributed by atoms with E-state index in [1.807, 2.05) is 6.92 Å². The molecule has 1 aromatic heterocycles. The van der Waals surface area contributed by atoms with E-state index in [1.54, 1.807) is 0 Å². The summed E-state index contributed by atoms with van der Waals surface area (Å²) in [7, 11) is 0. The zero-order valence-electron chi connectivity index (χ0n) is 15.3. The number of hydrogen-bond acceptors (Lipinski definition) is 4. The molecule has 1 heterocycles. The van der Waals surface area contributed by atoms with Crippen molar-refractivity contribution < 1.29 is 0 Å². The van der Waals surface area contributed by atoms with Crippen molar-refractivity contribution in [2.45, 2.75) is 59.8 Å². The molecule has 4 heteroatoms. The largest absolute Gasteiger partial charge is 0.245 e. The molecule has 0 amide bonds. The van der Waals surface area contributed by atoms with Crippen LogP contribution in [0.15, 0.2) is 35.4 Å². The molecule has 2 rings (SSSR count). The Balaban J connectivity index is 2.19. The van der Waals surface area contributed by atoms with Crippen LogP contribution >= 0.6 is 0 Å². The number of benzene rings is 1. The van der Waals surface area contributed by atoms with Gasteiger partial charge in [0.2, 0.25) is 5.95 Å². The van der Waals surface area contributed by atoms with Crippen LogP contribution in [-0.2, 0) is 19.3 Å². The fraction of sp³-hybridized carbons (Fsp3) is 0.450. The van der Waals surface area contributed by atoms with Crippen LogP contribution in [0.25, 0.3) is 0 Å². The van der Waals surface area contributed by atoms with Crippen LogP contribution in [0, 0.1) is 0 Å². The molecule has 1 aromatic carbocycles. The topological polar surface area (TPSA) is 50.2 Å². The zero-order chi connectivity index (χ0) is 17.4. The lowest BCUT2D eigenvalue weighted by Crippen LogP contribution is -2.06. The number of hydrogen-bond donors (Lipinski definition) is 1. The Morgan fingerprint density at radius 2 is 1.67 bits per heavy atom. The van der Waals surface area contributed by atoms with E-state index >= 15 is 0 Å². The fourth-order valence-electron chi connectivity index (χ4n) is 2.59. The summed E-state index contributed by atoms with van der Waals surface area (Å²) < 4.78 is 0. The first kappa shape index (κ1) is 18.1. The fourth-order valence-corrected chi connectivity index (χ4v) is 2.59. The van der Waals surface area contributed by atoms with Gasteiger partial charge in [-0.15, -0.1) is 0 Å². The van der Waals surface area contributed by atoms with Crippen LogP contribution in [0.1, 0.15) is 63.1 Å². The molecule has 2 aromatic rings. The summed E-state index contributed by atoms with van der Waals surface area (Å²) in [5.74, 6) is 0.593. The molecule has 1 N–H and O–H groups in total. The lowest BCUT2D eigenvalue weighted by molar-refractivity contribution is 0.830. The van der Waals surface area contributed by atoms with Crippen molar-refractivity contribution in [3.05, 3.63) is 52.8 Å². The van der Waals surface area contributed by atoms with Gasteiger partial charge in [-0.2, -0.15) is 5.10 Å². The Hall–Kier alpha value is -2.23. The second kappa shape index (κ2) is 9.16. The maximum absolute atomic E-state index is 4.58. The van der Waals surface area contributed by atoms with Gasteiger partial charge >= 0.3 is 0 Å². The molecule has 0 spiro atoms. The number of rotatable bonds is 8. The second-order valence-corrected chi connectivity index (χ2v) is 6.04. The van der Waals surface area contributed by atoms with Crippen LogP contribution in [-0.4, -0.2) is 15.7 Å². The third-order valence-electron chi connectivity index (χ3n) is 3.92. The summed E-state index contributed by atoms with van der Waals surface area (Å²) in [6.07, 6.45) is 5.11. The van der Waals surface area contributed by atoms with Crippen LogP contribution in [0.2, 0.25) is 0 Å². The van der Waals surface area contributed by atoms with Crippen molar-refractivity contribution >= 4 is 11.7 Å². The maximum Gasteiger partial charge on any atom is 0.243 e. The van der Waals surface area contributed by atoms with Gasteiger partial charge in [-0.25, -0.2) is 15.4 Å². The van der Waals surface area contributed by atoms with E-state index in [-0.39, 0.29) is 0 Å². The molecule has 4 nitrogen and oxygen atoms in total. The third-order valence-corrected chi connectivity index (χ3v) is 3.92. The molecule has 0 radical (unpaired) electrons. The summed E-state index contributed by atoms with van der Waals surface area (Å²) in [5, 5.41) is 4.48. The first-order chi connectivity index (χ1) is 11.7. The average Bonchev–Trinajstić information content (AvgIpc) is 2.60. The van der Waals surface area contributed by atoms with Crippen LogP contribution < -0.4 is 5.43 Å². The minimum Gasteiger partial charge on any atom is -0.245 e. The molecule has 0 unspecified atom stereocenters. The van der Waals surface area contributed by atoms with Gasteiger partial charge in [0.1, 0.15) is 0 Å². The van der Waals surface area contributed by atoms with E-state index in [0.29, 0.717) is 5.95 Å². The van der Waals surface area contributed by atoms with Gasteiger partial charge in [-0.1, -0.05) is 51.8 Å². The highest BCUT2D eigenvalue weighted by molar-refractivity contribution is 5.99. The Kier molecular flexibility index (Phi) is 6.91. The number of nitrogens with zero attached hydrogens (tertiary/aromatic N) is 3. The van der Waals surface area contributed by atoms with E-state index in [0.717, 1.165) is 54.8 Å². The van der Waals surface area contributed by atoms with Gasteiger partial charge in [0.25, 0.3) is 0 Å².